The summed E-state index contributed by atoms with van der Waals surface area (Å²) in [7, 11) is 4.73. The molecule has 148 valence electrons. The minimum absolute atomic E-state index is 0.234. The van der Waals surface area contributed by atoms with Crippen LogP contribution in [-0.2, 0) is 22.5 Å². The van der Waals surface area contributed by atoms with Crippen molar-refractivity contribution >= 4 is 11.9 Å². The average Bonchev–Trinajstić information content (AvgIpc) is 2.75. The monoisotopic (exact) mass is 385 g/mol. The van der Waals surface area contributed by atoms with Crippen molar-refractivity contribution in [1.82, 2.24) is 4.90 Å². The predicted molar refractivity (Wildman–Crippen MR) is 102 cm³/mol. The molecule has 0 spiro atoms. The van der Waals surface area contributed by atoms with Crippen LogP contribution < -0.4 is 14.2 Å². The molecule has 1 amide bonds. The molecule has 3 rings (SSSR count). The molecule has 0 radical (unpaired) electrons. The Labute approximate surface area is 163 Å². The second-order valence-electron chi connectivity index (χ2n) is 6.35. The van der Waals surface area contributed by atoms with Crippen molar-refractivity contribution in [2.24, 2.45) is 0 Å². The number of carbonyl (C=O) groups is 2. The molecule has 2 aromatic carbocycles. The number of esters is 1. The Morgan fingerprint density at radius 1 is 0.929 bits per heavy atom. The van der Waals surface area contributed by atoms with E-state index in [2.05, 4.69) is 0 Å². The second-order valence-corrected chi connectivity index (χ2v) is 6.35. The molecule has 0 fully saturated rings. The number of fused-ring (bicyclic) bond motifs is 1. The first kappa shape index (κ1) is 19.5. The number of hydrogen-bond donors (Lipinski definition) is 0. The van der Waals surface area contributed by atoms with E-state index in [1.54, 1.807) is 50.5 Å². The third-order valence-corrected chi connectivity index (χ3v) is 4.72. The maximum atomic E-state index is 12.5. The molecule has 7 heteroatoms. The number of nitrogens with zero attached hydrogens (tertiary/aromatic N) is 1. The van der Waals surface area contributed by atoms with E-state index in [9.17, 15) is 9.59 Å². The maximum absolute atomic E-state index is 12.5. The zero-order chi connectivity index (χ0) is 20.1. The van der Waals surface area contributed by atoms with Crippen molar-refractivity contribution in [3.8, 4) is 17.2 Å². The molecule has 0 aromatic heterocycles. The summed E-state index contributed by atoms with van der Waals surface area (Å²) in [6.07, 6.45) is 0.702. The van der Waals surface area contributed by atoms with Crippen molar-refractivity contribution in [3.63, 3.8) is 0 Å². The fourth-order valence-electron chi connectivity index (χ4n) is 3.13. The van der Waals surface area contributed by atoms with Crippen molar-refractivity contribution < 1.29 is 28.5 Å². The molecule has 0 atom stereocenters. The lowest BCUT2D eigenvalue weighted by molar-refractivity contribution is -0.135. The number of rotatable bonds is 6. The van der Waals surface area contributed by atoms with Crippen LogP contribution in [0.25, 0.3) is 0 Å². The highest BCUT2D eigenvalue weighted by atomic mass is 16.5. The first-order chi connectivity index (χ1) is 13.5. The topological polar surface area (TPSA) is 74.3 Å². The van der Waals surface area contributed by atoms with E-state index in [1.165, 1.54) is 0 Å². The van der Waals surface area contributed by atoms with Crippen molar-refractivity contribution in [1.29, 1.82) is 0 Å². The maximum Gasteiger partial charge on any atom is 0.338 e. The molecular formula is C21H23NO6. The lowest BCUT2D eigenvalue weighted by atomic mass is 9.99. The van der Waals surface area contributed by atoms with Crippen LogP contribution in [0, 0.1) is 0 Å². The van der Waals surface area contributed by atoms with E-state index < -0.39 is 5.97 Å². The molecule has 0 bridgehead atoms. The van der Waals surface area contributed by atoms with Gasteiger partial charge in [-0.2, -0.15) is 0 Å². The van der Waals surface area contributed by atoms with Gasteiger partial charge >= 0.3 is 5.97 Å². The van der Waals surface area contributed by atoms with E-state index in [0.29, 0.717) is 42.3 Å². The molecule has 0 saturated heterocycles. The highest BCUT2D eigenvalue weighted by Gasteiger charge is 2.23. The molecular weight excluding hydrogens is 362 g/mol. The van der Waals surface area contributed by atoms with Crippen LogP contribution in [0.5, 0.6) is 17.2 Å². The van der Waals surface area contributed by atoms with Crippen LogP contribution in [0.3, 0.4) is 0 Å². The summed E-state index contributed by atoms with van der Waals surface area (Å²) in [6, 6.07) is 10.4. The van der Waals surface area contributed by atoms with Crippen LogP contribution in [0.1, 0.15) is 21.5 Å². The molecule has 0 unspecified atom stereocenters. The zero-order valence-corrected chi connectivity index (χ0v) is 16.2. The minimum Gasteiger partial charge on any atom is -0.497 e. The average molecular weight is 385 g/mol. The molecule has 28 heavy (non-hydrogen) atoms. The van der Waals surface area contributed by atoms with Crippen molar-refractivity contribution in [3.05, 3.63) is 53.1 Å². The van der Waals surface area contributed by atoms with E-state index in [0.717, 1.165) is 11.1 Å². The van der Waals surface area contributed by atoms with E-state index in [4.69, 9.17) is 18.9 Å². The number of methoxy groups -OCH3 is 3. The summed E-state index contributed by atoms with van der Waals surface area (Å²) in [6.45, 7) is 0.698. The van der Waals surface area contributed by atoms with Crippen molar-refractivity contribution in [2.75, 3.05) is 34.5 Å². The quantitative estimate of drug-likeness (QED) is 0.711. The molecule has 2 aromatic rings. The molecule has 1 heterocycles. The van der Waals surface area contributed by atoms with E-state index in [1.807, 2.05) is 12.1 Å². The number of carbonyl (C=O) groups excluding carboxylic acids is 2. The molecule has 1 aliphatic rings. The van der Waals surface area contributed by atoms with Gasteiger partial charge in [0, 0.05) is 13.1 Å². The lowest BCUT2D eigenvalue weighted by Gasteiger charge is -2.29. The van der Waals surface area contributed by atoms with Crippen LogP contribution in [-0.4, -0.2) is 51.3 Å². The van der Waals surface area contributed by atoms with Gasteiger partial charge in [-0.25, -0.2) is 4.79 Å². The number of hydrogen-bond acceptors (Lipinski definition) is 6. The molecule has 0 saturated carbocycles. The van der Waals surface area contributed by atoms with Gasteiger partial charge in [0.05, 0.1) is 26.9 Å². The van der Waals surface area contributed by atoms with Gasteiger partial charge in [0.15, 0.2) is 18.1 Å². The van der Waals surface area contributed by atoms with Gasteiger partial charge in [0.1, 0.15) is 5.75 Å². The molecule has 1 aliphatic heterocycles. The van der Waals surface area contributed by atoms with Gasteiger partial charge in [-0.1, -0.05) is 0 Å². The Morgan fingerprint density at radius 3 is 2.18 bits per heavy atom. The summed E-state index contributed by atoms with van der Waals surface area (Å²) in [5, 5.41) is 0. The number of amides is 1. The van der Waals surface area contributed by atoms with Crippen LogP contribution in [0.4, 0.5) is 0 Å². The third-order valence-electron chi connectivity index (χ3n) is 4.72. The fourth-order valence-corrected chi connectivity index (χ4v) is 3.13. The summed E-state index contributed by atoms with van der Waals surface area (Å²) >= 11 is 0. The van der Waals surface area contributed by atoms with Gasteiger partial charge in [0.25, 0.3) is 5.91 Å². The number of benzene rings is 2. The normalized spacial score (nSPS) is 12.8. The second kappa shape index (κ2) is 8.65. The fraction of sp³-hybridized carbons (Fsp3) is 0.333. The third kappa shape index (κ3) is 4.19. The SMILES string of the molecule is COc1ccc(C(=O)OCC(=O)N2CCc3cc(OC)c(OC)cc3C2)cc1. The highest BCUT2D eigenvalue weighted by Crippen LogP contribution is 2.33. The first-order valence-corrected chi connectivity index (χ1v) is 8.88. The Morgan fingerprint density at radius 2 is 1.57 bits per heavy atom. The Hall–Kier alpha value is -3.22. The Balaban J connectivity index is 1.60. The minimum atomic E-state index is -0.542. The number of ether oxygens (including phenoxy) is 4. The largest absolute Gasteiger partial charge is 0.497 e. The van der Waals surface area contributed by atoms with Crippen LogP contribution >= 0.6 is 0 Å². The summed E-state index contributed by atoms with van der Waals surface area (Å²) in [5.74, 6) is 1.17. The first-order valence-electron chi connectivity index (χ1n) is 8.88. The highest BCUT2D eigenvalue weighted by molar-refractivity contribution is 5.91. The van der Waals surface area contributed by atoms with Gasteiger partial charge in [-0.05, 0) is 53.9 Å². The summed E-state index contributed by atoms with van der Waals surface area (Å²) in [4.78, 5) is 26.3. The summed E-state index contributed by atoms with van der Waals surface area (Å²) < 4.78 is 20.9. The van der Waals surface area contributed by atoms with Crippen LogP contribution in [0.2, 0.25) is 0 Å². The molecule has 0 aliphatic carbocycles. The lowest BCUT2D eigenvalue weighted by Crippen LogP contribution is -2.38. The van der Waals surface area contributed by atoms with Crippen LogP contribution in [0.15, 0.2) is 36.4 Å². The molecule has 7 nitrogen and oxygen atoms in total. The standard InChI is InChI=1S/C21H23NO6/c1-25-17-6-4-14(5-7-17)21(24)28-13-20(23)22-9-8-15-10-18(26-2)19(27-3)11-16(15)12-22/h4-7,10-11H,8-9,12-13H2,1-3H3. The van der Waals surface area contributed by atoms with E-state index >= 15 is 0 Å². The zero-order valence-electron chi connectivity index (χ0n) is 16.2. The molecule has 0 N–H and O–H groups in total. The smallest absolute Gasteiger partial charge is 0.338 e. The van der Waals surface area contributed by atoms with Gasteiger partial charge in [-0.3, -0.25) is 4.79 Å². The van der Waals surface area contributed by atoms with Crippen molar-refractivity contribution in [2.45, 2.75) is 13.0 Å². The van der Waals surface area contributed by atoms with E-state index in [-0.39, 0.29) is 12.5 Å². The van der Waals surface area contributed by atoms with Gasteiger partial charge in [-0.15, -0.1) is 0 Å². The van der Waals surface area contributed by atoms with Gasteiger partial charge < -0.3 is 23.8 Å². The Bertz CT molecular complexity index is 862. The Kier molecular flexibility index (Phi) is 6.03. The summed E-state index contributed by atoms with van der Waals surface area (Å²) in [5.41, 5.74) is 2.49. The predicted octanol–water partition coefficient (Wildman–Crippen LogP) is 2.45. The van der Waals surface area contributed by atoms with Gasteiger partial charge in [0.2, 0.25) is 0 Å².